The summed E-state index contributed by atoms with van der Waals surface area (Å²) < 4.78 is 1.16. The van der Waals surface area contributed by atoms with Gasteiger partial charge in [-0.25, -0.2) is 4.68 Å². The zero-order chi connectivity index (χ0) is 14.7. The van der Waals surface area contributed by atoms with Crippen molar-refractivity contribution in [3.8, 4) is 11.3 Å². The summed E-state index contributed by atoms with van der Waals surface area (Å²) in [6.07, 6.45) is 0. The Balaban J connectivity index is 2.47. The molecule has 1 aromatic heterocycles. The van der Waals surface area contributed by atoms with Crippen LogP contribution in [0.4, 0.5) is 5.69 Å². The summed E-state index contributed by atoms with van der Waals surface area (Å²) in [5, 5.41) is 15.1. The van der Waals surface area contributed by atoms with Gasteiger partial charge in [-0.1, -0.05) is 30.3 Å². The Hall–Kier alpha value is -2.47. The maximum absolute atomic E-state index is 11.6. The zero-order valence-corrected chi connectivity index (χ0v) is 11.1. The minimum atomic E-state index is -0.486. The van der Waals surface area contributed by atoms with E-state index in [4.69, 9.17) is 11.6 Å². The Labute approximate surface area is 119 Å². The Morgan fingerprint density at radius 3 is 2.80 bits per heavy atom. The van der Waals surface area contributed by atoms with Gasteiger partial charge in [-0.2, -0.15) is 5.10 Å². The standard InChI is InChI=1S/C13H10ClN3O3/c1-9(14)8-16-13(18)6-5-12(15-16)10-3-2-4-11(7-10)17(19)20/h2-7H,1,8H2. The van der Waals surface area contributed by atoms with E-state index in [1.165, 1.54) is 24.3 Å². The molecule has 0 N–H and O–H groups in total. The number of halogens is 1. The number of allylic oxidation sites excluding steroid dienone is 1. The molecule has 2 rings (SSSR count). The first-order valence-corrected chi connectivity index (χ1v) is 6.01. The molecule has 0 bridgehead atoms. The van der Waals surface area contributed by atoms with Gasteiger partial charge in [0, 0.05) is 28.8 Å². The third-order valence-electron chi connectivity index (χ3n) is 2.54. The lowest BCUT2D eigenvalue weighted by Gasteiger charge is -2.06. The summed E-state index contributed by atoms with van der Waals surface area (Å²) in [4.78, 5) is 21.9. The molecule has 6 nitrogen and oxygen atoms in total. The molecule has 0 unspecified atom stereocenters. The summed E-state index contributed by atoms with van der Waals surface area (Å²) in [6.45, 7) is 3.59. The maximum Gasteiger partial charge on any atom is 0.270 e. The molecule has 0 aliphatic heterocycles. The quantitative estimate of drug-likeness (QED) is 0.640. The highest BCUT2D eigenvalue weighted by Crippen LogP contribution is 2.21. The van der Waals surface area contributed by atoms with Gasteiger partial charge in [0.1, 0.15) is 0 Å². The summed E-state index contributed by atoms with van der Waals surface area (Å²) in [5.41, 5.74) is 0.643. The van der Waals surface area contributed by atoms with Crippen LogP contribution in [0.1, 0.15) is 0 Å². The van der Waals surface area contributed by atoms with Gasteiger partial charge >= 0.3 is 0 Å². The van der Waals surface area contributed by atoms with E-state index < -0.39 is 4.92 Å². The average molecular weight is 292 g/mol. The normalized spacial score (nSPS) is 10.2. The van der Waals surface area contributed by atoms with Crippen molar-refractivity contribution < 1.29 is 4.92 Å². The number of benzene rings is 1. The molecular weight excluding hydrogens is 282 g/mol. The van der Waals surface area contributed by atoms with E-state index in [2.05, 4.69) is 11.7 Å². The summed E-state index contributed by atoms with van der Waals surface area (Å²) in [7, 11) is 0. The third kappa shape index (κ3) is 3.10. The van der Waals surface area contributed by atoms with Gasteiger partial charge in [0.2, 0.25) is 0 Å². The SMILES string of the molecule is C=C(Cl)Cn1nc(-c2cccc([N+](=O)[O-])c2)ccc1=O. The molecule has 1 heterocycles. The first-order valence-electron chi connectivity index (χ1n) is 5.63. The first kappa shape index (κ1) is 14.0. The molecule has 0 saturated heterocycles. The Morgan fingerprint density at radius 1 is 1.40 bits per heavy atom. The maximum atomic E-state index is 11.6. The predicted octanol–water partition coefficient (Wildman–Crippen LogP) is 2.57. The molecule has 1 aromatic carbocycles. The van der Waals surface area contributed by atoms with E-state index in [0.717, 1.165) is 4.68 Å². The van der Waals surface area contributed by atoms with Crippen LogP contribution in [0.2, 0.25) is 0 Å². The molecular formula is C13H10ClN3O3. The van der Waals surface area contributed by atoms with Gasteiger partial charge in [-0.05, 0) is 6.07 Å². The van der Waals surface area contributed by atoms with Crippen molar-refractivity contribution in [3.05, 3.63) is 68.5 Å². The molecule has 0 atom stereocenters. The molecule has 0 aliphatic rings. The minimum Gasteiger partial charge on any atom is -0.268 e. The summed E-state index contributed by atoms with van der Waals surface area (Å²) >= 11 is 5.67. The van der Waals surface area contributed by atoms with Gasteiger partial charge in [-0.15, -0.1) is 0 Å². The lowest BCUT2D eigenvalue weighted by Crippen LogP contribution is -2.22. The molecule has 0 saturated carbocycles. The van der Waals surface area contributed by atoms with Crippen LogP contribution in [0.25, 0.3) is 11.3 Å². The van der Waals surface area contributed by atoms with Gasteiger partial charge < -0.3 is 0 Å². The van der Waals surface area contributed by atoms with Crippen LogP contribution in [0.5, 0.6) is 0 Å². The topological polar surface area (TPSA) is 78.0 Å². The van der Waals surface area contributed by atoms with E-state index in [1.807, 2.05) is 0 Å². The minimum absolute atomic E-state index is 0.0381. The number of hydrogen-bond donors (Lipinski definition) is 0. The number of nitro benzene ring substituents is 1. The van der Waals surface area contributed by atoms with Crippen LogP contribution in [0, 0.1) is 10.1 Å². The predicted molar refractivity (Wildman–Crippen MR) is 75.6 cm³/mol. The molecule has 0 spiro atoms. The number of hydrogen-bond acceptors (Lipinski definition) is 4. The summed E-state index contributed by atoms with van der Waals surface area (Å²) in [5.74, 6) is 0. The largest absolute Gasteiger partial charge is 0.270 e. The molecule has 20 heavy (non-hydrogen) atoms. The zero-order valence-electron chi connectivity index (χ0n) is 10.3. The van der Waals surface area contributed by atoms with Crippen LogP contribution in [0.3, 0.4) is 0 Å². The number of rotatable bonds is 4. The van der Waals surface area contributed by atoms with E-state index in [1.54, 1.807) is 12.1 Å². The Bertz CT molecular complexity index is 740. The fourth-order valence-electron chi connectivity index (χ4n) is 1.66. The first-order chi connectivity index (χ1) is 9.47. The van der Waals surface area contributed by atoms with E-state index in [9.17, 15) is 14.9 Å². The molecule has 102 valence electrons. The van der Waals surface area contributed by atoms with Crippen molar-refractivity contribution in [1.29, 1.82) is 0 Å². The molecule has 0 fully saturated rings. The summed E-state index contributed by atoms with van der Waals surface area (Å²) in [6, 6.07) is 8.87. The van der Waals surface area contributed by atoms with Crippen LogP contribution >= 0.6 is 11.6 Å². The second kappa shape index (κ2) is 5.66. The lowest BCUT2D eigenvalue weighted by molar-refractivity contribution is -0.384. The lowest BCUT2D eigenvalue weighted by atomic mass is 10.1. The fourth-order valence-corrected chi connectivity index (χ4v) is 1.77. The van der Waals surface area contributed by atoms with E-state index >= 15 is 0 Å². The van der Waals surface area contributed by atoms with Gasteiger partial charge in [0.15, 0.2) is 0 Å². The molecule has 0 aliphatic carbocycles. The van der Waals surface area contributed by atoms with Crippen LogP contribution in [-0.4, -0.2) is 14.7 Å². The molecule has 2 aromatic rings. The Morgan fingerprint density at radius 2 is 2.15 bits per heavy atom. The number of aromatic nitrogens is 2. The van der Waals surface area contributed by atoms with Gasteiger partial charge in [-0.3, -0.25) is 14.9 Å². The highest BCUT2D eigenvalue weighted by molar-refractivity contribution is 6.29. The molecule has 0 amide bonds. The van der Waals surface area contributed by atoms with Crippen LogP contribution in [-0.2, 0) is 6.54 Å². The Kier molecular flexibility index (Phi) is 3.95. The van der Waals surface area contributed by atoms with Crippen molar-refractivity contribution in [1.82, 2.24) is 9.78 Å². The van der Waals surface area contributed by atoms with E-state index in [-0.39, 0.29) is 22.8 Å². The van der Waals surface area contributed by atoms with Crippen molar-refractivity contribution in [2.45, 2.75) is 6.54 Å². The second-order valence-corrected chi connectivity index (χ2v) is 4.57. The highest BCUT2D eigenvalue weighted by atomic mass is 35.5. The molecule has 0 radical (unpaired) electrons. The number of nitrogens with zero attached hydrogens (tertiary/aromatic N) is 3. The average Bonchev–Trinajstić information content (AvgIpc) is 2.41. The van der Waals surface area contributed by atoms with Gasteiger partial charge in [0.25, 0.3) is 11.2 Å². The van der Waals surface area contributed by atoms with Crippen molar-refractivity contribution >= 4 is 17.3 Å². The monoisotopic (exact) mass is 291 g/mol. The third-order valence-corrected chi connectivity index (χ3v) is 2.66. The van der Waals surface area contributed by atoms with Gasteiger partial charge in [0.05, 0.1) is 17.2 Å². The second-order valence-electron chi connectivity index (χ2n) is 4.04. The van der Waals surface area contributed by atoms with Crippen molar-refractivity contribution in [2.24, 2.45) is 0 Å². The molecule has 7 heteroatoms. The smallest absolute Gasteiger partial charge is 0.268 e. The fraction of sp³-hybridized carbons (Fsp3) is 0.0769. The number of nitro groups is 1. The number of non-ortho nitro benzene ring substituents is 1. The van der Waals surface area contributed by atoms with Crippen molar-refractivity contribution in [2.75, 3.05) is 0 Å². The highest BCUT2D eigenvalue weighted by Gasteiger charge is 2.09. The van der Waals surface area contributed by atoms with Crippen LogP contribution in [0.15, 0.2) is 52.8 Å². The van der Waals surface area contributed by atoms with Crippen LogP contribution < -0.4 is 5.56 Å². The van der Waals surface area contributed by atoms with E-state index in [0.29, 0.717) is 11.3 Å². The van der Waals surface area contributed by atoms with Crippen molar-refractivity contribution in [3.63, 3.8) is 0 Å².